The van der Waals surface area contributed by atoms with Gasteiger partial charge < -0.3 is 9.64 Å². The summed E-state index contributed by atoms with van der Waals surface area (Å²) >= 11 is 0. The number of fused-ring (bicyclic) bond motifs is 1. The molecule has 2 aliphatic heterocycles. The first-order valence-corrected chi connectivity index (χ1v) is 11.9. The van der Waals surface area contributed by atoms with Crippen LogP contribution in [0.15, 0.2) is 59.5 Å². The summed E-state index contributed by atoms with van der Waals surface area (Å²) in [5.41, 5.74) is 4.57. The summed E-state index contributed by atoms with van der Waals surface area (Å²) < 4.78 is 33.1. The molecule has 1 saturated heterocycles. The van der Waals surface area contributed by atoms with Crippen molar-refractivity contribution in [3.8, 4) is 11.3 Å². The number of nitrogens with zero attached hydrogens (tertiary/aromatic N) is 4. The van der Waals surface area contributed by atoms with Crippen LogP contribution in [0.2, 0.25) is 0 Å². The SMILES string of the molecule is Cc1ccc(-c2ccc(N3CCc4ccccc43)nn2)cc1S(=O)(=O)N1CCOCC1. The lowest BCUT2D eigenvalue weighted by atomic mass is 10.1. The minimum Gasteiger partial charge on any atom is -0.379 e. The van der Waals surface area contributed by atoms with E-state index in [4.69, 9.17) is 4.74 Å². The topological polar surface area (TPSA) is 75.6 Å². The molecular weight excluding hydrogens is 412 g/mol. The van der Waals surface area contributed by atoms with Gasteiger partial charge in [0.2, 0.25) is 10.0 Å². The van der Waals surface area contributed by atoms with Crippen molar-refractivity contribution in [1.29, 1.82) is 0 Å². The highest BCUT2D eigenvalue weighted by atomic mass is 32.2. The predicted molar refractivity (Wildman–Crippen MR) is 119 cm³/mol. The van der Waals surface area contributed by atoms with E-state index in [1.165, 1.54) is 15.6 Å². The summed E-state index contributed by atoms with van der Waals surface area (Å²) in [7, 11) is -3.58. The molecule has 160 valence electrons. The summed E-state index contributed by atoms with van der Waals surface area (Å²) in [6, 6.07) is 17.6. The largest absolute Gasteiger partial charge is 0.379 e. The van der Waals surface area contributed by atoms with Gasteiger partial charge in [0.1, 0.15) is 0 Å². The number of para-hydroxylation sites is 1. The van der Waals surface area contributed by atoms with Crippen LogP contribution in [0.1, 0.15) is 11.1 Å². The fourth-order valence-electron chi connectivity index (χ4n) is 4.16. The van der Waals surface area contributed by atoms with Gasteiger partial charge in [-0.3, -0.25) is 0 Å². The molecule has 0 spiro atoms. The highest BCUT2D eigenvalue weighted by Gasteiger charge is 2.28. The quantitative estimate of drug-likeness (QED) is 0.625. The van der Waals surface area contributed by atoms with Crippen molar-refractivity contribution >= 4 is 21.5 Å². The van der Waals surface area contributed by atoms with Gasteiger partial charge in [0.25, 0.3) is 0 Å². The summed E-state index contributed by atoms with van der Waals surface area (Å²) in [6.07, 6.45) is 0.986. The Labute approximate surface area is 182 Å². The smallest absolute Gasteiger partial charge is 0.243 e. The Morgan fingerprint density at radius 2 is 1.74 bits per heavy atom. The second-order valence-corrected chi connectivity index (χ2v) is 9.71. The van der Waals surface area contributed by atoms with Crippen LogP contribution < -0.4 is 4.90 Å². The van der Waals surface area contributed by atoms with E-state index in [0.29, 0.717) is 42.5 Å². The molecule has 0 radical (unpaired) electrons. The van der Waals surface area contributed by atoms with E-state index < -0.39 is 10.0 Å². The molecule has 0 atom stereocenters. The Morgan fingerprint density at radius 1 is 0.935 bits per heavy atom. The van der Waals surface area contributed by atoms with E-state index in [0.717, 1.165) is 24.3 Å². The van der Waals surface area contributed by atoms with Crippen molar-refractivity contribution in [2.24, 2.45) is 0 Å². The van der Waals surface area contributed by atoms with Crippen LogP contribution in [0.25, 0.3) is 11.3 Å². The monoisotopic (exact) mass is 436 g/mol. The predicted octanol–water partition coefficient (Wildman–Crippen LogP) is 3.17. The Hall–Kier alpha value is -2.81. The molecule has 0 unspecified atom stereocenters. The lowest BCUT2D eigenvalue weighted by Crippen LogP contribution is -2.40. The molecule has 3 heterocycles. The Morgan fingerprint density at radius 3 is 2.52 bits per heavy atom. The van der Waals surface area contributed by atoms with Crippen LogP contribution in [-0.4, -0.2) is 55.8 Å². The summed E-state index contributed by atoms with van der Waals surface area (Å²) in [6.45, 7) is 4.28. The Balaban J connectivity index is 1.44. The Kier molecular flexibility index (Phi) is 5.21. The Bertz CT molecular complexity index is 1210. The number of anilines is 2. The molecule has 1 fully saturated rings. The number of ether oxygens (including phenoxy) is 1. The zero-order valence-corrected chi connectivity index (χ0v) is 18.2. The molecule has 0 amide bonds. The average Bonchev–Trinajstić information content (AvgIpc) is 3.24. The van der Waals surface area contributed by atoms with Crippen LogP contribution in [0.5, 0.6) is 0 Å². The van der Waals surface area contributed by atoms with Crippen molar-refractivity contribution in [2.45, 2.75) is 18.2 Å². The summed E-state index contributed by atoms with van der Waals surface area (Å²) in [5.74, 6) is 0.793. The molecule has 0 saturated carbocycles. The van der Waals surface area contributed by atoms with Crippen LogP contribution >= 0.6 is 0 Å². The number of benzene rings is 2. The van der Waals surface area contributed by atoms with Gasteiger partial charge in [0, 0.05) is 30.9 Å². The lowest BCUT2D eigenvalue weighted by molar-refractivity contribution is 0.0730. The number of rotatable bonds is 4. The molecule has 0 aliphatic carbocycles. The fourth-order valence-corrected chi connectivity index (χ4v) is 5.82. The first kappa shape index (κ1) is 20.1. The fraction of sp³-hybridized carbons (Fsp3) is 0.304. The summed E-state index contributed by atoms with van der Waals surface area (Å²) in [5, 5.41) is 8.85. The standard InChI is InChI=1S/C23H24N4O3S/c1-17-6-7-19(16-22(17)31(28,29)26-12-14-30-15-13-26)20-8-9-23(25-24-20)27-11-10-18-4-2-3-5-21(18)27/h2-9,16H,10-15H2,1H3. The molecule has 1 aromatic heterocycles. The molecule has 31 heavy (non-hydrogen) atoms. The number of aromatic nitrogens is 2. The normalized spacial score (nSPS) is 17.0. The molecular formula is C23H24N4O3S. The molecule has 3 aromatic rings. The van der Waals surface area contributed by atoms with Gasteiger partial charge in [-0.1, -0.05) is 30.3 Å². The number of aryl methyl sites for hydroxylation is 1. The molecule has 2 aromatic carbocycles. The second kappa shape index (κ2) is 8.03. The van der Waals surface area contributed by atoms with Crippen molar-refractivity contribution in [1.82, 2.24) is 14.5 Å². The number of hydrogen-bond donors (Lipinski definition) is 0. The van der Waals surface area contributed by atoms with E-state index in [-0.39, 0.29) is 0 Å². The van der Waals surface area contributed by atoms with E-state index in [2.05, 4.69) is 33.3 Å². The zero-order valence-electron chi connectivity index (χ0n) is 17.4. The lowest BCUT2D eigenvalue weighted by Gasteiger charge is -2.26. The maximum atomic E-state index is 13.2. The minimum absolute atomic E-state index is 0.311. The third kappa shape index (κ3) is 3.71. The second-order valence-electron chi connectivity index (χ2n) is 7.80. The molecule has 5 rings (SSSR count). The average molecular weight is 437 g/mol. The van der Waals surface area contributed by atoms with Gasteiger partial charge >= 0.3 is 0 Å². The third-order valence-electron chi connectivity index (χ3n) is 5.89. The van der Waals surface area contributed by atoms with E-state index >= 15 is 0 Å². The first-order chi connectivity index (χ1) is 15.0. The summed E-state index contributed by atoms with van der Waals surface area (Å²) in [4.78, 5) is 2.47. The zero-order chi connectivity index (χ0) is 21.4. The van der Waals surface area contributed by atoms with E-state index in [9.17, 15) is 8.42 Å². The van der Waals surface area contributed by atoms with E-state index in [1.807, 2.05) is 37.3 Å². The van der Waals surface area contributed by atoms with Crippen LogP contribution in [0.3, 0.4) is 0 Å². The number of sulfonamides is 1. The number of morpholine rings is 1. The van der Waals surface area contributed by atoms with Crippen molar-refractivity contribution < 1.29 is 13.2 Å². The van der Waals surface area contributed by atoms with Crippen LogP contribution in [0.4, 0.5) is 11.5 Å². The molecule has 7 nitrogen and oxygen atoms in total. The number of hydrogen-bond acceptors (Lipinski definition) is 6. The van der Waals surface area contributed by atoms with Crippen LogP contribution in [-0.2, 0) is 21.2 Å². The molecule has 2 aliphatic rings. The van der Waals surface area contributed by atoms with Crippen molar-refractivity contribution in [3.05, 3.63) is 65.7 Å². The van der Waals surface area contributed by atoms with Crippen molar-refractivity contribution in [3.63, 3.8) is 0 Å². The van der Waals surface area contributed by atoms with Gasteiger partial charge in [-0.2, -0.15) is 4.31 Å². The van der Waals surface area contributed by atoms with Gasteiger partial charge in [0.05, 0.1) is 23.8 Å². The van der Waals surface area contributed by atoms with Gasteiger partial charge in [-0.25, -0.2) is 8.42 Å². The highest BCUT2D eigenvalue weighted by molar-refractivity contribution is 7.89. The highest BCUT2D eigenvalue weighted by Crippen LogP contribution is 2.33. The van der Waals surface area contributed by atoms with Crippen molar-refractivity contribution in [2.75, 3.05) is 37.7 Å². The third-order valence-corrected chi connectivity index (χ3v) is 7.93. The maximum absolute atomic E-state index is 13.2. The van der Waals surface area contributed by atoms with Gasteiger partial charge in [0.15, 0.2) is 5.82 Å². The molecule has 0 bridgehead atoms. The molecule has 8 heteroatoms. The minimum atomic E-state index is -3.58. The van der Waals surface area contributed by atoms with E-state index in [1.54, 1.807) is 6.07 Å². The van der Waals surface area contributed by atoms with Gasteiger partial charge in [-0.15, -0.1) is 10.2 Å². The van der Waals surface area contributed by atoms with Crippen LogP contribution in [0, 0.1) is 6.92 Å². The van der Waals surface area contributed by atoms with Gasteiger partial charge in [-0.05, 0) is 48.7 Å². The first-order valence-electron chi connectivity index (χ1n) is 10.4. The maximum Gasteiger partial charge on any atom is 0.243 e. The molecule has 0 N–H and O–H groups in total.